The highest BCUT2D eigenvalue weighted by Crippen LogP contribution is 2.30. The Kier molecular flexibility index (Phi) is 12.2. The van der Waals surface area contributed by atoms with Gasteiger partial charge in [0.1, 0.15) is 24.2 Å². The molecular formula is C29H32N2O7S. The zero-order chi connectivity index (χ0) is 27.9. The molecular weight excluding hydrogens is 520 g/mol. The van der Waals surface area contributed by atoms with E-state index in [1.165, 1.54) is 6.08 Å². The van der Waals surface area contributed by atoms with Crippen molar-refractivity contribution in [3.63, 3.8) is 0 Å². The second kappa shape index (κ2) is 16.1. The molecule has 10 heteroatoms. The first-order valence-corrected chi connectivity index (χ1v) is 13.5. The standard InChI is InChI=1S/C29H32N2O7S/c1-39-25-17-13-22(14-18-25)30-29(34)38-28(21-11-15-23(16-12-21)36-20-19-32)26(9-5-6-10-27(33)31-35)37-24-7-3-2-4-8-24/h2-4,6-8,10-18,26,28,32,35H,5,9,19-20H2,1H3,(H,30,34)(H,31,33)/b10-6+/t26-,28-/m1/s1. The van der Waals surface area contributed by atoms with Gasteiger partial charge in [0.15, 0.2) is 6.10 Å². The Labute approximate surface area is 231 Å². The summed E-state index contributed by atoms with van der Waals surface area (Å²) in [5, 5.41) is 20.5. The number of aliphatic hydroxyl groups excluding tert-OH is 1. The number of aliphatic hydroxyl groups is 1. The largest absolute Gasteiger partial charge is 0.491 e. The molecule has 0 bridgehead atoms. The van der Waals surface area contributed by atoms with Gasteiger partial charge in [0.2, 0.25) is 0 Å². The van der Waals surface area contributed by atoms with Crippen molar-refractivity contribution in [2.45, 2.75) is 29.9 Å². The Morgan fingerprint density at radius 3 is 2.33 bits per heavy atom. The topological polar surface area (TPSA) is 126 Å². The molecule has 0 radical (unpaired) electrons. The van der Waals surface area contributed by atoms with Gasteiger partial charge in [-0.2, -0.15) is 0 Å². The number of rotatable bonds is 14. The van der Waals surface area contributed by atoms with Gasteiger partial charge in [-0.15, -0.1) is 11.8 Å². The number of allylic oxidation sites excluding steroid dienone is 1. The Morgan fingerprint density at radius 2 is 1.69 bits per heavy atom. The summed E-state index contributed by atoms with van der Waals surface area (Å²) in [6, 6.07) is 23.5. The van der Waals surface area contributed by atoms with E-state index in [4.69, 9.17) is 24.5 Å². The summed E-state index contributed by atoms with van der Waals surface area (Å²) < 4.78 is 17.7. The lowest BCUT2D eigenvalue weighted by Crippen LogP contribution is -2.31. The predicted molar refractivity (Wildman–Crippen MR) is 149 cm³/mol. The molecule has 0 aliphatic carbocycles. The molecule has 0 aliphatic heterocycles. The zero-order valence-corrected chi connectivity index (χ0v) is 22.3. The van der Waals surface area contributed by atoms with Crippen LogP contribution in [0.15, 0.2) is 95.9 Å². The van der Waals surface area contributed by atoms with Crippen molar-refractivity contribution in [1.82, 2.24) is 5.48 Å². The average molecular weight is 553 g/mol. The number of hydrogen-bond donors (Lipinski definition) is 4. The number of thioether (sulfide) groups is 1. The lowest BCUT2D eigenvalue weighted by atomic mass is 10.00. The second-order valence-corrected chi connectivity index (χ2v) is 9.13. The number of amides is 2. The van der Waals surface area contributed by atoms with E-state index in [0.29, 0.717) is 35.6 Å². The van der Waals surface area contributed by atoms with Crippen molar-refractivity contribution >= 4 is 29.4 Å². The molecule has 3 aromatic rings. The monoisotopic (exact) mass is 552 g/mol. The number of benzene rings is 3. The Balaban J connectivity index is 1.87. The van der Waals surface area contributed by atoms with Crippen LogP contribution in [0.25, 0.3) is 0 Å². The third kappa shape index (κ3) is 10.0. The second-order valence-electron chi connectivity index (χ2n) is 8.25. The van der Waals surface area contributed by atoms with Gasteiger partial charge in [-0.3, -0.25) is 15.3 Å². The van der Waals surface area contributed by atoms with Crippen LogP contribution in [0.5, 0.6) is 11.5 Å². The number of para-hydroxylation sites is 1. The van der Waals surface area contributed by atoms with Gasteiger partial charge in [0, 0.05) is 16.7 Å². The summed E-state index contributed by atoms with van der Waals surface area (Å²) in [4.78, 5) is 25.5. The Morgan fingerprint density at radius 1 is 0.974 bits per heavy atom. The van der Waals surface area contributed by atoms with Crippen LogP contribution in [-0.4, -0.2) is 47.9 Å². The van der Waals surface area contributed by atoms with E-state index in [1.54, 1.807) is 71.8 Å². The summed E-state index contributed by atoms with van der Waals surface area (Å²) in [6.07, 6.45) is 3.45. The molecule has 206 valence electrons. The lowest BCUT2D eigenvalue weighted by molar-refractivity contribution is -0.124. The molecule has 0 aromatic heterocycles. The third-order valence-corrected chi connectivity index (χ3v) is 6.25. The highest BCUT2D eigenvalue weighted by Gasteiger charge is 2.29. The van der Waals surface area contributed by atoms with Gasteiger partial charge >= 0.3 is 6.09 Å². The number of hydroxylamine groups is 1. The van der Waals surface area contributed by atoms with E-state index in [-0.39, 0.29) is 13.2 Å². The molecule has 0 unspecified atom stereocenters. The molecule has 0 saturated heterocycles. The number of carbonyl (C=O) groups excluding carboxylic acids is 2. The van der Waals surface area contributed by atoms with Gasteiger partial charge in [0.05, 0.1) is 6.61 Å². The maximum Gasteiger partial charge on any atom is 0.412 e. The number of nitrogens with one attached hydrogen (secondary N) is 2. The van der Waals surface area contributed by atoms with E-state index >= 15 is 0 Å². The molecule has 9 nitrogen and oxygen atoms in total. The first-order valence-electron chi connectivity index (χ1n) is 12.3. The molecule has 0 heterocycles. The van der Waals surface area contributed by atoms with Crippen LogP contribution < -0.4 is 20.3 Å². The van der Waals surface area contributed by atoms with Crippen LogP contribution in [0.4, 0.5) is 10.5 Å². The van der Waals surface area contributed by atoms with Crippen LogP contribution in [-0.2, 0) is 9.53 Å². The lowest BCUT2D eigenvalue weighted by Gasteiger charge is -2.28. The smallest absolute Gasteiger partial charge is 0.412 e. The number of anilines is 1. The van der Waals surface area contributed by atoms with Crippen molar-refractivity contribution in [2.75, 3.05) is 24.8 Å². The maximum absolute atomic E-state index is 13.0. The summed E-state index contributed by atoms with van der Waals surface area (Å²) >= 11 is 1.60. The number of hydrogen-bond acceptors (Lipinski definition) is 8. The molecule has 4 N–H and O–H groups in total. The van der Waals surface area contributed by atoms with E-state index in [0.717, 1.165) is 4.90 Å². The van der Waals surface area contributed by atoms with Crippen molar-refractivity contribution in [3.05, 3.63) is 96.6 Å². The van der Waals surface area contributed by atoms with Gasteiger partial charge in [-0.25, -0.2) is 10.3 Å². The van der Waals surface area contributed by atoms with Crippen molar-refractivity contribution in [3.8, 4) is 11.5 Å². The van der Waals surface area contributed by atoms with Crippen molar-refractivity contribution in [2.24, 2.45) is 0 Å². The van der Waals surface area contributed by atoms with Gasteiger partial charge in [-0.1, -0.05) is 36.4 Å². The molecule has 0 aliphatic rings. The first kappa shape index (κ1) is 29.6. The van der Waals surface area contributed by atoms with E-state index in [9.17, 15) is 9.59 Å². The maximum atomic E-state index is 13.0. The average Bonchev–Trinajstić information content (AvgIpc) is 2.97. The fraction of sp³-hybridized carbons (Fsp3) is 0.241. The van der Waals surface area contributed by atoms with Crippen LogP contribution in [0.3, 0.4) is 0 Å². The summed E-state index contributed by atoms with van der Waals surface area (Å²) in [6.45, 7) is 0.0465. The minimum atomic E-state index is -0.831. The number of carbonyl (C=O) groups is 2. The Hall–Kier alpha value is -3.99. The van der Waals surface area contributed by atoms with Crippen LogP contribution in [0.1, 0.15) is 24.5 Å². The quantitative estimate of drug-likeness (QED) is 0.0912. The van der Waals surface area contributed by atoms with Gasteiger partial charge < -0.3 is 19.3 Å². The van der Waals surface area contributed by atoms with Crippen LogP contribution in [0.2, 0.25) is 0 Å². The Bertz CT molecular complexity index is 1190. The number of ether oxygens (including phenoxy) is 3. The summed E-state index contributed by atoms with van der Waals surface area (Å²) in [7, 11) is 0. The minimum Gasteiger partial charge on any atom is -0.491 e. The van der Waals surface area contributed by atoms with E-state index in [2.05, 4.69) is 5.32 Å². The fourth-order valence-electron chi connectivity index (χ4n) is 3.65. The molecule has 0 fully saturated rings. The molecule has 2 atom stereocenters. The SMILES string of the molecule is CSc1ccc(NC(=O)O[C@H](c2ccc(OCCO)cc2)[C@@H](CC/C=C/C(=O)NO)Oc2ccccc2)cc1. The summed E-state index contributed by atoms with van der Waals surface area (Å²) in [5.41, 5.74) is 2.80. The third-order valence-electron chi connectivity index (χ3n) is 5.50. The first-order chi connectivity index (χ1) is 19.0. The van der Waals surface area contributed by atoms with Gasteiger partial charge in [0.25, 0.3) is 5.91 Å². The summed E-state index contributed by atoms with van der Waals surface area (Å²) in [5.74, 6) is 0.501. The van der Waals surface area contributed by atoms with E-state index in [1.807, 2.05) is 36.6 Å². The molecule has 2 amide bonds. The highest BCUT2D eigenvalue weighted by atomic mass is 32.2. The van der Waals surface area contributed by atoms with Crippen LogP contribution in [0, 0.1) is 0 Å². The molecule has 0 saturated carbocycles. The predicted octanol–water partition coefficient (Wildman–Crippen LogP) is 5.36. The van der Waals surface area contributed by atoms with Crippen molar-refractivity contribution in [1.29, 1.82) is 0 Å². The van der Waals surface area contributed by atoms with E-state index < -0.39 is 24.2 Å². The molecule has 39 heavy (non-hydrogen) atoms. The normalized spacial score (nSPS) is 12.4. The highest BCUT2D eigenvalue weighted by molar-refractivity contribution is 7.98. The molecule has 3 aromatic carbocycles. The minimum absolute atomic E-state index is 0.111. The zero-order valence-electron chi connectivity index (χ0n) is 21.5. The van der Waals surface area contributed by atoms with Crippen molar-refractivity contribution < 1.29 is 34.1 Å². The van der Waals surface area contributed by atoms with Gasteiger partial charge in [-0.05, 0) is 73.2 Å². The fourth-order valence-corrected chi connectivity index (χ4v) is 4.06. The van der Waals surface area contributed by atoms with Crippen LogP contribution >= 0.6 is 11.8 Å². The molecule has 0 spiro atoms. The molecule has 3 rings (SSSR count).